The van der Waals surface area contributed by atoms with Crippen LogP contribution in [0.5, 0.6) is 5.75 Å². The molecule has 26 heavy (non-hydrogen) atoms. The van der Waals surface area contributed by atoms with Gasteiger partial charge in [-0.3, -0.25) is 4.79 Å². The van der Waals surface area contributed by atoms with Crippen molar-refractivity contribution in [3.05, 3.63) is 56.4 Å². The molecule has 0 aliphatic heterocycles. The minimum atomic E-state index is -0.672. The summed E-state index contributed by atoms with van der Waals surface area (Å²) in [5.41, 5.74) is 1.13. The number of ether oxygens (including phenoxy) is 2. The van der Waals surface area contributed by atoms with Crippen molar-refractivity contribution in [1.29, 1.82) is 0 Å². The summed E-state index contributed by atoms with van der Waals surface area (Å²) < 4.78 is 10.8. The Labute approximate surface area is 154 Å². The van der Waals surface area contributed by atoms with Crippen molar-refractivity contribution in [2.75, 3.05) is 6.61 Å². The molecule has 0 unspecified atom stereocenters. The van der Waals surface area contributed by atoms with E-state index in [-0.39, 0.29) is 5.56 Å². The van der Waals surface area contributed by atoms with Crippen molar-refractivity contribution < 1.29 is 14.3 Å². The molecule has 1 aromatic carbocycles. The van der Waals surface area contributed by atoms with Crippen molar-refractivity contribution in [2.45, 2.75) is 33.8 Å². The number of aromatic amines is 1. The number of H-pyrrole nitrogens is 1. The maximum absolute atomic E-state index is 12.3. The minimum Gasteiger partial charge on any atom is -0.494 e. The number of carbonyl (C=O) groups excluding carboxylic acids is 1. The van der Waals surface area contributed by atoms with Gasteiger partial charge >= 0.3 is 5.97 Å². The standard InChI is InChI=1S/C19H20N2O4S/c1-5-24-14-8-6-13(7-9-14)19(23)25-11(3)16-20-17(22)15-10(2)12(4)26-18(15)21-16/h6-9,11H,5H2,1-4H3,(H,20,21,22)/t11-/m1/s1. The van der Waals surface area contributed by atoms with Crippen LogP contribution in [0.1, 0.15) is 46.6 Å². The van der Waals surface area contributed by atoms with Gasteiger partial charge < -0.3 is 14.5 Å². The van der Waals surface area contributed by atoms with Gasteiger partial charge in [-0.25, -0.2) is 9.78 Å². The summed E-state index contributed by atoms with van der Waals surface area (Å²) in [6, 6.07) is 6.72. The largest absolute Gasteiger partial charge is 0.494 e. The molecule has 0 bridgehead atoms. The Morgan fingerprint density at radius 1 is 1.27 bits per heavy atom. The van der Waals surface area contributed by atoms with E-state index in [1.807, 2.05) is 20.8 Å². The maximum Gasteiger partial charge on any atom is 0.338 e. The molecule has 1 N–H and O–H groups in total. The van der Waals surface area contributed by atoms with Gasteiger partial charge in [0, 0.05) is 4.88 Å². The number of aromatic nitrogens is 2. The molecule has 0 fully saturated rings. The molecule has 0 spiro atoms. The predicted octanol–water partition coefficient (Wildman–Crippen LogP) is 3.92. The highest BCUT2D eigenvalue weighted by Gasteiger charge is 2.19. The number of nitrogens with one attached hydrogen (secondary N) is 1. The van der Waals surface area contributed by atoms with Crippen LogP contribution in [0.3, 0.4) is 0 Å². The summed E-state index contributed by atoms with van der Waals surface area (Å²) in [5, 5.41) is 0.598. The Morgan fingerprint density at radius 3 is 2.62 bits per heavy atom. The molecule has 0 aliphatic carbocycles. The van der Waals surface area contributed by atoms with Gasteiger partial charge in [-0.15, -0.1) is 11.3 Å². The average molecular weight is 372 g/mol. The Morgan fingerprint density at radius 2 is 1.96 bits per heavy atom. The summed E-state index contributed by atoms with van der Waals surface area (Å²) in [7, 11) is 0. The fourth-order valence-corrected chi connectivity index (χ4v) is 3.64. The molecule has 0 saturated heterocycles. The van der Waals surface area contributed by atoms with E-state index >= 15 is 0 Å². The lowest BCUT2D eigenvalue weighted by Crippen LogP contribution is -2.17. The summed E-state index contributed by atoms with van der Waals surface area (Å²) >= 11 is 1.46. The van der Waals surface area contributed by atoms with Crippen LogP contribution in [0.2, 0.25) is 0 Å². The van der Waals surface area contributed by atoms with Crippen LogP contribution in [0, 0.1) is 13.8 Å². The zero-order valence-electron chi connectivity index (χ0n) is 15.1. The maximum atomic E-state index is 12.3. The predicted molar refractivity (Wildman–Crippen MR) is 101 cm³/mol. The minimum absolute atomic E-state index is 0.212. The van der Waals surface area contributed by atoms with Crippen LogP contribution in [-0.2, 0) is 4.74 Å². The van der Waals surface area contributed by atoms with Crippen molar-refractivity contribution in [3.63, 3.8) is 0 Å². The van der Waals surface area contributed by atoms with E-state index in [1.165, 1.54) is 11.3 Å². The lowest BCUT2D eigenvalue weighted by Gasteiger charge is -2.13. The summed E-state index contributed by atoms with van der Waals surface area (Å²) in [5.74, 6) is 0.543. The van der Waals surface area contributed by atoms with Gasteiger partial charge in [-0.1, -0.05) is 0 Å². The van der Waals surface area contributed by atoms with Crippen molar-refractivity contribution in [1.82, 2.24) is 9.97 Å². The number of benzene rings is 1. The fraction of sp³-hybridized carbons (Fsp3) is 0.316. The first-order chi connectivity index (χ1) is 12.4. The van der Waals surface area contributed by atoms with E-state index in [0.717, 1.165) is 10.4 Å². The Kier molecular flexibility index (Phi) is 5.08. The highest BCUT2D eigenvalue weighted by atomic mass is 32.1. The van der Waals surface area contributed by atoms with Crippen molar-refractivity contribution >= 4 is 27.5 Å². The number of rotatable bonds is 5. The summed E-state index contributed by atoms with van der Waals surface area (Å²) in [6.07, 6.45) is -0.672. The zero-order chi connectivity index (χ0) is 18.8. The van der Waals surface area contributed by atoms with Crippen LogP contribution in [0.15, 0.2) is 29.1 Å². The lowest BCUT2D eigenvalue weighted by atomic mass is 10.2. The van der Waals surface area contributed by atoms with Gasteiger partial charge in [0.25, 0.3) is 5.56 Å². The highest BCUT2D eigenvalue weighted by Crippen LogP contribution is 2.27. The second-order valence-electron chi connectivity index (χ2n) is 5.92. The van der Waals surface area contributed by atoms with Gasteiger partial charge in [0.1, 0.15) is 10.6 Å². The average Bonchev–Trinajstić information content (AvgIpc) is 2.90. The van der Waals surface area contributed by atoms with Crippen LogP contribution in [0.25, 0.3) is 10.2 Å². The summed E-state index contributed by atoms with van der Waals surface area (Å²) in [6.45, 7) is 8.00. The molecule has 0 aliphatic rings. The first kappa shape index (κ1) is 18.1. The quantitative estimate of drug-likeness (QED) is 0.687. The molecular weight excluding hydrogens is 352 g/mol. The monoisotopic (exact) mass is 372 g/mol. The molecule has 136 valence electrons. The number of aryl methyl sites for hydroxylation is 2. The molecule has 7 heteroatoms. The Balaban J connectivity index is 1.81. The molecule has 2 heterocycles. The summed E-state index contributed by atoms with van der Waals surface area (Å²) in [4.78, 5) is 33.6. The molecule has 3 aromatic rings. The third-order valence-electron chi connectivity index (χ3n) is 4.13. The SMILES string of the molecule is CCOc1ccc(C(=O)O[C@H](C)c2nc3sc(C)c(C)c3c(=O)[nH]2)cc1. The molecule has 0 radical (unpaired) electrons. The first-order valence-corrected chi connectivity index (χ1v) is 9.16. The topological polar surface area (TPSA) is 81.3 Å². The van der Waals surface area contributed by atoms with Crippen LogP contribution < -0.4 is 10.3 Å². The number of nitrogens with zero attached hydrogens (tertiary/aromatic N) is 1. The number of esters is 1. The number of carbonyl (C=O) groups is 1. The molecule has 0 amide bonds. The molecule has 0 saturated carbocycles. The number of hydrogen-bond donors (Lipinski definition) is 1. The van der Waals surface area contributed by atoms with Crippen molar-refractivity contribution in [3.8, 4) is 5.75 Å². The van der Waals surface area contributed by atoms with Gasteiger partial charge in [0.15, 0.2) is 11.9 Å². The molecular formula is C19H20N2O4S. The number of hydrogen-bond acceptors (Lipinski definition) is 6. The number of thiophene rings is 1. The Bertz CT molecular complexity index is 1000. The second-order valence-corrected chi connectivity index (χ2v) is 7.12. The third kappa shape index (κ3) is 3.48. The zero-order valence-corrected chi connectivity index (χ0v) is 15.9. The first-order valence-electron chi connectivity index (χ1n) is 8.34. The van der Waals surface area contributed by atoms with Crippen molar-refractivity contribution in [2.24, 2.45) is 0 Å². The van der Waals surface area contributed by atoms with Crippen LogP contribution in [-0.4, -0.2) is 22.5 Å². The molecule has 6 nitrogen and oxygen atoms in total. The smallest absolute Gasteiger partial charge is 0.338 e. The normalized spacial score (nSPS) is 12.2. The van der Waals surface area contributed by atoms with E-state index in [2.05, 4.69) is 9.97 Å². The van der Waals surface area contributed by atoms with Crippen LogP contribution in [0.4, 0.5) is 0 Å². The van der Waals surface area contributed by atoms with E-state index in [4.69, 9.17) is 9.47 Å². The molecule has 3 rings (SSSR count). The van der Waals surface area contributed by atoms with E-state index in [0.29, 0.717) is 34.0 Å². The van der Waals surface area contributed by atoms with E-state index in [9.17, 15) is 9.59 Å². The molecule has 2 aromatic heterocycles. The second kappa shape index (κ2) is 7.29. The Hall–Kier alpha value is -2.67. The van der Waals surface area contributed by atoms with Crippen LogP contribution >= 0.6 is 11.3 Å². The van der Waals surface area contributed by atoms with E-state index in [1.54, 1.807) is 31.2 Å². The van der Waals surface area contributed by atoms with Gasteiger partial charge in [-0.2, -0.15) is 0 Å². The lowest BCUT2D eigenvalue weighted by molar-refractivity contribution is 0.0320. The van der Waals surface area contributed by atoms with E-state index < -0.39 is 12.1 Å². The fourth-order valence-electron chi connectivity index (χ4n) is 2.60. The highest BCUT2D eigenvalue weighted by molar-refractivity contribution is 7.18. The molecule has 1 atom stereocenters. The van der Waals surface area contributed by atoms with Gasteiger partial charge in [0.05, 0.1) is 17.6 Å². The number of fused-ring (bicyclic) bond motifs is 1. The third-order valence-corrected chi connectivity index (χ3v) is 5.23. The van der Waals surface area contributed by atoms with Gasteiger partial charge in [0.2, 0.25) is 0 Å². The van der Waals surface area contributed by atoms with Gasteiger partial charge in [-0.05, 0) is 57.5 Å².